The zero-order valence-electron chi connectivity index (χ0n) is 13.9. The molecule has 1 aliphatic carbocycles. The van der Waals surface area contributed by atoms with Crippen LogP contribution in [0.4, 0.5) is 5.69 Å². The molecule has 0 radical (unpaired) electrons. The number of carbonyl (C=O) groups excluding carboxylic acids is 1. The molecule has 1 fully saturated rings. The Kier molecular flexibility index (Phi) is 6.99. The first kappa shape index (κ1) is 17.9. The fraction of sp³-hybridized carbons (Fsp3) is 0.588. The van der Waals surface area contributed by atoms with Crippen molar-refractivity contribution in [3.8, 4) is 5.75 Å². The normalized spacial score (nSPS) is 13.9. The van der Waals surface area contributed by atoms with Crippen molar-refractivity contribution in [3.05, 3.63) is 23.2 Å². The predicted molar refractivity (Wildman–Crippen MR) is 94.4 cm³/mol. The van der Waals surface area contributed by atoms with E-state index in [1.165, 1.54) is 12.8 Å². The van der Waals surface area contributed by atoms with E-state index in [4.69, 9.17) is 16.3 Å². The van der Waals surface area contributed by atoms with Crippen LogP contribution in [0.3, 0.4) is 0 Å². The van der Waals surface area contributed by atoms with Crippen molar-refractivity contribution < 1.29 is 9.53 Å². The Morgan fingerprint density at radius 1 is 1.39 bits per heavy atom. The Balaban J connectivity index is 1.65. The number of methoxy groups -OCH3 is 1. The Bertz CT molecular complexity index is 521. The molecule has 0 bridgehead atoms. The van der Waals surface area contributed by atoms with Crippen molar-refractivity contribution in [1.82, 2.24) is 10.2 Å². The Morgan fingerprint density at radius 2 is 2.17 bits per heavy atom. The maximum atomic E-state index is 11.9. The second kappa shape index (κ2) is 8.99. The number of hydrogen-bond donors (Lipinski definition) is 2. The molecule has 5 nitrogen and oxygen atoms in total. The minimum absolute atomic E-state index is 0.0605. The fourth-order valence-corrected chi connectivity index (χ4v) is 2.77. The molecule has 0 unspecified atom stereocenters. The summed E-state index contributed by atoms with van der Waals surface area (Å²) in [6, 6.07) is 6.13. The first-order chi connectivity index (χ1) is 11.1. The molecule has 2 N–H and O–H groups in total. The van der Waals surface area contributed by atoms with Gasteiger partial charge in [0.1, 0.15) is 5.75 Å². The second-order valence-corrected chi connectivity index (χ2v) is 6.17. The van der Waals surface area contributed by atoms with E-state index in [0.29, 0.717) is 24.5 Å². The third-order valence-corrected chi connectivity index (χ3v) is 4.25. The molecule has 2 rings (SSSR count). The third kappa shape index (κ3) is 5.92. The number of carbonyl (C=O) groups is 1. The van der Waals surface area contributed by atoms with Crippen LogP contribution in [0.1, 0.15) is 26.2 Å². The summed E-state index contributed by atoms with van der Waals surface area (Å²) in [5.41, 5.74) is 0.804. The topological polar surface area (TPSA) is 53.6 Å². The van der Waals surface area contributed by atoms with E-state index in [2.05, 4.69) is 22.5 Å². The van der Waals surface area contributed by atoms with Gasteiger partial charge in [0.05, 0.1) is 12.8 Å². The SMILES string of the molecule is CCN(CCNC(=O)CCNc1cc(Cl)ccc1OC)C1CC1. The van der Waals surface area contributed by atoms with E-state index < -0.39 is 0 Å². The average Bonchev–Trinajstić information content (AvgIpc) is 3.36. The molecule has 0 saturated heterocycles. The zero-order valence-corrected chi connectivity index (χ0v) is 14.7. The lowest BCUT2D eigenvalue weighted by atomic mass is 10.2. The minimum atomic E-state index is 0.0605. The summed E-state index contributed by atoms with van der Waals surface area (Å²) in [6.45, 7) is 5.41. The molecule has 0 heterocycles. The summed E-state index contributed by atoms with van der Waals surface area (Å²) in [4.78, 5) is 14.3. The van der Waals surface area contributed by atoms with Crippen LogP contribution in [-0.4, -0.2) is 50.1 Å². The monoisotopic (exact) mass is 339 g/mol. The molecule has 1 aromatic rings. The number of nitrogens with one attached hydrogen (secondary N) is 2. The molecule has 128 valence electrons. The molecule has 1 aliphatic rings. The summed E-state index contributed by atoms with van der Waals surface area (Å²) in [6.07, 6.45) is 3.02. The number of nitrogens with zero attached hydrogens (tertiary/aromatic N) is 1. The lowest BCUT2D eigenvalue weighted by Crippen LogP contribution is -2.36. The number of halogens is 1. The maximum absolute atomic E-state index is 11.9. The minimum Gasteiger partial charge on any atom is -0.495 e. The molecule has 23 heavy (non-hydrogen) atoms. The molecule has 6 heteroatoms. The van der Waals surface area contributed by atoms with Crippen LogP contribution in [0.25, 0.3) is 0 Å². The predicted octanol–water partition coefficient (Wildman–Crippen LogP) is 2.75. The first-order valence-corrected chi connectivity index (χ1v) is 8.60. The van der Waals surface area contributed by atoms with Crippen molar-refractivity contribution in [2.45, 2.75) is 32.2 Å². The number of anilines is 1. The van der Waals surface area contributed by atoms with Crippen molar-refractivity contribution in [1.29, 1.82) is 0 Å². The van der Waals surface area contributed by atoms with Crippen LogP contribution in [0, 0.1) is 0 Å². The highest BCUT2D eigenvalue weighted by atomic mass is 35.5. The van der Waals surface area contributed by atoms with E-state index >= 15 is 0 Å². The average molecular weight is 340 g/mol. The van der Waals surface area contributed by atoms with Gasteiger partial charge in [-0.2, -0.15) is 0 Å². The highest BCUT2D eigenvalue weighted by Crippen LogP contribution is 2.27. The number of likely N-dealkylation sites (N-methyl/N-ethyl adjacent to an activating group) is 1. The van der Waals surface area contributed by atoms with Gasteiger partial charge in [0.25, 0.3) is 0 Å². The molecule has 0 atom stereocenters. The summed E-state index contributed by atoms with van der Waals surface area (Å²) in [7, 11) is 1.61. The van der Waals surface area contributed by atoms with Gasteiger partial charge < -0.3 is 15.4 Å². The smallest absolute Gasteiger partial charge is 0.221 e. The maximum Gasteiger partial charge on any atom is 0.221 e. The van der Waals surface area contributed by atoms with E-state index in [1.807, 2.05) is 6.07 Å². The molecule has 0 aromatic heterocycles. The third-order valence-electron chi connectivity index (χ3n) is 4.02. The highest BCUT2D eigenvalue weighted by molar-refractivity contribution is 6.30. The molecular weight excluding hydrogens is 314 g/mol. The van der Waals surface area contributed by atoms with E-state index in [9.17, 15) is 4.79 Å². The zero-order chi connectivity index (χ0) is 16.7. The van der Waals surface area contributed by atoms with E-state index in [1.54, 1.807) is 19.2 Å². The number of amides is 1. The van der Waals surface area contributed by atoms with Gasteiger partial charge in [0.2, 0.25) is 5.91 Å². The van der Waals surface area contributed by atoms with Crippen molar-refractivity contribution in [2.75, 3.05) is 38.6 Å². The molecular formula is C17H26ClN3O2. The van der Waals surface area contributed by atoms with E-state index in [0.717, 1.165) is 30.6 Å². The quantitative estimate of drug-likeness (QED) is 0.688. The Hall–Kier alpha value is -1.46. The van der Waals surface area contributed by atoms with Gasteiger partial charge in [-0.05, 0) is 37.6 Å². The van der Waals surface area contributed by atoms with Crippen LogP contribution < -0.4 is 15.4 Å². The Morgan fingerprint density at radius 3 is 2.83 bits per heavy atom. The largest absolute Gasteiger partial charge is 0.495 e. The lowest BCUT2D eigenvalue weighted by molar-refractivity contribution is -0.120. The van der Waals surface area contributed by atoms with Gasteiger partial charge in [-0.3, -0.25) is 9.69 Å². The van der Waals surface area contributed by atoms with Crippen molar-refractivity contribution >= 4 is 23.2 Å². The van der Waals surface area contributed by atoms with Crippen molar-refractivity contribution in [3.63, 3.8) is 0 Å². The number of benzene rings is 1. The molecule has 1 saturated carbocycles. The standard InChI is InChI=1S/C17H26ClN3O2/c1-3-21(14-5-6-14)11-10-20-17(22)8-9-19-15-12-13(18)4-7-16(15)23-2/h4,7,12,14,19H,3,5-6,8-11H2,1-2H3,(H,20,22). The van der Waals surface area contributed by atoms with Gasteiger partial charge in [-0.1, -0.05) is 18.5 Å². The van der Waals surface area contributed by atoms with E-state index in [-0.39, 0.29) is 5.91 Å². The summed E-state index contributed by atoms with van der Waals surface area (Å²) >= 11 is 5.98. The van der Waals surface area contributed by atoms with Crippen molar-refractivity contribution in [2.24, 2.45) is 0 Å². The van der Waals surface area contributed by atoms with Gasteiger partial charge in [0, 0.05) is 37.1 Å². The summed E-state index contributed by atoms with van der Waals surface area (Å²) in [5.74, 6) is 0.781. The lowest BCUT2D eigenvalue weighted by Gasteiger charge is -2.19. The second-order valence-electron chi connectivity index (χ2n) is 5.73. The highest BCUT2D eigenvalue weighted by Gasteiger charge is 2.27. The number of ether oxygens (including phenoxy) is 1. The molecule has 0 aliphatic heterocycles. The van der Waals surface area contributed by atoms with Gasteiger partial charge >= 0.3 is 0 Å². The molecule has 0 spiro atoms. The fourth-order valence-electron chi connectivity index (χ4n) is 2.59. The van der Waals surface area contributed by atoms with Gasteiger partial charge in [-0.25, -0.2) is 0 Å². The van der Waals surface area contributed by atoms with Crippen LogP contribution in [0.2, 0.25) is 5.02 Å². The molecule has 1 aromatic carbocycles. The van der Waals surface area contributed by atoms with Crippen LogP contribution in [0.5, 0.6) is 5.75 Å². The molecule has 1 amide bonds. The van der Waals surface area contributed by atoms with Gasteiger partial charge in [-0.15, -0.1) is 0 Å². The number of rotatable bonds is 10. The summed E-state index contributed by atoms with van der Waals surface area (Å²) < 4.78 is 5.26. The Labute approximate surface area is 143 Å². The first-order valence-electron chi connectivity index (χ1n) is 8.22. The summed E-state index contributed by atoms with van der Waals surface area (Å²) in [5, 5.41) is 6.81. The van der Waals surface area contributed by atoms with Crippen LogP contribution in [-0.2, 0) is 4.79 Å². The van der Waals surface area contributed by atoms with Crippen LogP contribution >= 0.6 is 11.6 Å². The van der Waals surface area contributed by atoms with Gasteiger partial charge in [0.15, 0.2) is 0 Å². The number of hydrogen-bond acceptors (Lipinski definition) is 4. The van der Waals surface area contributed by atoms with Crippen LogP contribution in [0.15, 0.2) is 18.2 Å².